The van der Waals surface area contributed by atoms with E-state index in [1.165, 1.54) is 90.4 Å². The summed E-state index contributed by atoms with van der Waals surface area (Å²) in [6.07, 6.45) is 0. The molecular formula is C61H35N3S. The fourth-order valence-electron chi connectivity index (χ4n) is 10.5. The van der Waals surface area contributed by atoms with Gasteiger partial charge in [-0.15, -0.1) is 11.3 Å². The van der Waals surface area contributed by atoms with Gasteiger partial charge in [-0.1, -0.05) is 176 Å². The first-order valence-corrected chi connectivity index (χ1v) is 22.9. The molecule has 2 heterocycles. The Bertz CT molecular complexity index is 4240. The first-order valence-electron chi connectivity index (χ1n) is 22.1. The second kappa shape index (κ2) is 14.1. The molecule has 0 N–H and O–H groups in total. The number of rotatable bonds is 5. The molecule has 0 aliphatic rings. The Kier molecular flexibility index (Phi) is 7.85. The number of aromatic nitrogens is 3. The quantitative estimate of drug-likeness (QED) is 0.162. The number of hydrogen-bond acceptors (Lipinski definition) is 4. The Morgan fingerprint density at radius 2 is 0.708 bits per heavy atom. The second-order valence-electron chi connectivity index (χ2n) is 17.1. The van der Waals surface area contributed by atoms with Gasteiger partial charge in [0, 0.05) is 36.9 Å². The molecular weight excluding hydrogens is 807 g/mol. The number of nitrogens with zero attached hydrogens (tertiary/aromatic N) is 3. The van der Waals surface area contributed by atoms with E-state index in [9.17, 15) is 0 Å². The van der Waals surface area contributed by atoms with E-state index >= 15 is 0 Å². The van der Waals surface area contributed by atoms with Crippen molar-refractivity contribution >= 4 is 96.1 Å². The minimum absolute atomic E-state index is 0.640. The van der Waals surface area contributed by atoms with Gasteiger partial charge in [-0.2, -0.15) is 0 Å². The summed E-state index contributed by atoms with van der Waals surface area (Å²) < 4.78 is 2.47. The third-order valence-corrected chi connectivity index (χ3v) is 14.5. The monoisotopic (exact) mass is 841 g/mol. The highest BCUT2D eigenvalue weighted by Crippen LogP contribution is 2.45. The van der Waals surface area contributed by atoms with Crippen molar-refractivity contribution in [1.82, 2.24) is 15.0 Å². The second-order valence-corrected chi connectivity index (χ2v) is 18.2. The predicted molar refractivity (Wildman–Crippen MR) is 276 cm³/mol. The average Bonchev–Trinajstić information content (AvgIpc) is 3.76. The van der Waals surface area contributed by atoms with Crippen LogP contribution in [0.3, 0.4) is 0 Å². The van der Waals surface area contributed by atoms with Gasteiger partial charge in [0.1, 0.15) is 0 Å². The molecule has 12 aromatic carbocycles. The predicted octanol–water partition coefficient (Wildman–Crippen LogP) is 16.9. The molecule has 0 radical (unpaired) electrons. The summed E-state index contributed by atoms with van der Waals surface area (Å²) >= 11 is 1.80. The van der Waals surface area contributed by atoms with Gasteiger partial charge in [0.25, 0.3) is 0 Å². The van der Waals surface area contributed by atoms with Crippen LogP contribution >= 0.6 is 11.3 Å². The van der Waals surface area contributed by atoms with Gasteiger partial charge in [0.15, 0.2) is 17.5 Å². The Labute approximate surface area is 377 Å². The van der Waals surface area contributed by atoms with Crippen LogP contribution in [0.4, 0.5) is 0 Å². The van der Waals surface area contributed by atoms with Crippen molar-refractivity contribution in [3.63, 3.8) is 0 Å². The van der Waals surface area contributed by atoms with Crippen molar-refractivity contribution < 1.29 is 0 Å². The largest absolute Gasteiger partial charge is 0.208 e. The van der Waals surface area contributed by atoms with Gasteiger partial charge in [0.05, 0.1) is 0 Å². The summed E-state index contributed by atoms with van der Waals surface area (Å²) in [5, 5.41) is 17.8. The maximum absolute atomic E-state index is 5.25. The van der Waals surface area contributed by atoms with Crippen LogP contribution in [0.25, 0.3) is 141 Å². The van der Waals surface area contributed by atoms with E-state index in [0.717, 1.165) is 33.4 Å². The van der Waals surface area contributed by atoms with Gasteiger partial charge < -0.3 is 0 Å². The molecule has 0 spiro atoms. The Morgan fingerprint density at radius 1 is 0.246 bits per heavy atom. The Morgan fingerprint density at radius 3 is 1.40 bits per heavy atom. The lowest BCUT2D eigenvalue weighted by Gasteiger charge is -2.17. The maximum atomic E-state index is 5.25. The molecule has 4 heteroatoms. The van der Waals surface area contributed by atoms with E-state index in [1.807, 2.05) is 18.2 Å². The average molecular weight is 842 g/mol. The highest BCUT2D eigenvalue weighted by atomic mass is 32.1. The van der Waals surface area contributed by atoms with Crippen molar-refractivity contribution in [3.8, 4) is 56.4 Å². The standard InChI is InChI=1S/C61H35N3S/c1-2-12-39(13-3-1)59-62-60(64-61(63-59)50-25-11-27-53-58(50)49-21-4-5-26-52(49)65-53)44-20-7-18-41(33-44)40-17-6-19-42(32-40)45-34-43-31-30-38-15-9-23-47-46-22-8-14-36-28-29-37-16-10-24-48(56(37)54(36)46)51(35-45)57(43)55(38)47/h1-35H. The zero-order chi connectivity index (χ0) is 42.6. The van der Waals surface area contributed by atoms with Crippen LogP contribution < -0.4 is 0 Å². The molecule has 0 unspecified atom stereocenters. The molecule has 14 rings (SSSR count). The molecule has 0 amide bonds. The maximum Gasteiger partial charge on any atom is 0.164 e. The summed E-state index contributed by atoms with van der Waals surface area (Å²) in [5.74, 6) is 1.95. The first kappa shape index (κ1) is 36.2. The lowest BCUT2D eigenvalue weighted by atomic mass is 9.86. The van der Waals surface area contributed by atoms with Crippen molar-refractivity contribution in [2.75, 3.05) is 0 Å². The Balaban J connectivity index is 0.944. The minimum atomic E-state index is 0.640. The summed E-state index contributed by atoms with van der Waals surface area (Å²) in [6, 6.07) is 77.2. The molecule has 0 aliphatic carbocycles. The van der Waals surface area contributed by atoms with E-state index in [4.69, 9.17) is 15.0 Å². The minimum Gasteiger partial charge on any atom is -0.208 e. The van der Waals surface area contributed by atoms with Gasteiger partial charge in [-0.05, 0) is 123 Å². The van der Waals surface area contributed by atoms with Gasteiger partial charge in [-0.3, -0.25) is 0 Å². The van der Waals surface area contributed by atoms with E-state index in [2.05, 4.69) is 194 Å². The van der Waals surface area contributed by atoms with Crippen molar-refractivity contribution in [1.29, 1.82) is 0 Å². The molecule has 0 atom stereocenters. The molecule has 0 saturated carbocycles. The summed E-state index contributed by atoms with van der Waals surface area (Å²) in [7, 11) is 0. The zero-order valence-corrected chi connectivity index (χ0v) is 35.8. The highest BCUT2D eigenvalue weighted by Gasteiger charge is 2.19. The molecule has 0 saturated heterocycles. The smallest absolute Gasteiger partial charge is 0.164 e. The van der Waals surface area contributed by atoms with Crippen LogP contribution in [0.1, 0.15) is 0 Å². The summed E-state index contributed by atoms with van der Waals surface area (Å²) in [6.45, 7) is 0. The van der Waals surface area contributed by atoms with Crippen LogP contribution in [0.2, 0.25) is 0 Å². The molecule has 0 bridgehead atoms. The van der Waals surface area contributed by atoms with Gasteiger partial charge in [0.2, 0.25) is 0 Å². The molecule has 14 aromatic rings. The van der Waals surface area contributed by atoms with Crippen molar-refractivity contribution in [2.45, 2.75) is 0 Å². The lowest BCUT2D eigenvalue weighted by Crippen LogP contribution is -2.00. The normalized spacial score (nSPS) is 12.0. The fraction of sp³-hybridized carbons (Fsp3) is 0. The van der Waals surface area contributed by atoms with Gasteiger partial charge >= 0.3 is 0 Å². The lowest BCUT2D eigenvalue weighted by molar-refractivity contribution is 1.08. The Hall–Kier alpha value is -8.31. The van der Waals surface area contributed by atoms with Crippen LogP contribution in [-0.2, 0) is 0 Å². The summed E-state index contributed by atoms with van der Waals surface area (Å²) in [5.41, 5.74) is 7.46. The number of fused-ring (bicyclic) bond motifs is 5. The van der Waals surface area contributed by atoms with E-state index in [0.29, 0.717) is 17.5 Å². The molecule has 300 valence electrons. The molecule has 0 aliphatic heterocycles. The van der Waals surface area contributed by atoms with Crippen LogP contribution in [0.5, 0.6) is 0 Å². The molecule has 2 aromatic heterocycles. The van der Waals surface area contributed by atoms with Crippen molar-refractivity contribution in [3.05, 3.63) is 212 Å². The third kappa shape index (κ3) is 5.64. The van der Waals surface area contributed by atoms with E-state index in [-0.39, 0.29) is 0 Å². The molecule has 0 fully saturated rings. The first-order chi connectivity index (χ1) is 32.2. The van der Waals surface area contributed by atoms with Crippen LogP contribution in [-0.4, -0.2) is 15.0 Å². The van der Waals surface area contributed by atoms with E-state index < -0.39 is 0 Å². The third-order valence-electron chi connectivity index (χ3n) is 13.4. The van der Waals surface area contributed by atoms with E-state index in [1.54, 1.807) is 11.3 Å². The number of thiophene rings is 1. The fourth-order valence-corrected chi connectivity index (χ4v) is 11.6. The van der Waals surface area contributed by atoms with Crippen molar-refractivity contribution in [2.24, 2.45) is 0 Å². The number of benzene rings is 11. The zero-order valence-electron chi connectivity index (χ0n) is 35.0. The van der Waals surface area contributed by atoms with Crippen LogP contribution in [0, 0.1) is 0 Å². The van der Waals surface area contributed by atoms with Gasteiger partial charge in [-0.25, -0.2) is 15.0 Å². The topological polar surface area (TPSA) is 38.7 Å². The van der Waals surface area contributed by atoms with Crippen LogP contribution in [0.15, 0.2) is 212 Å². The highest BCUT2D eigenvalue weighted by molar-refractivity contribution is 7.25. The SMILES string of the molecule is c1ccc(-c2nc(-c3cccc(-c4cccc(-c5cc6ccc7cccc8c9cccc%10ccc%11cccc(c(c5)c6c78)c%11c%109)c4)c3)nc(-c3cccc4sc5ccccc5c34)n2)cc1. The summed E-state index contributed by atoms with van der Waals surface area (Å²) in [4.78, 5) is 15.5. The molecule has 3 nitrogen and oxygen atoms in total. The number of hydrogen-bond donors (Lipinski definition) is 0. The molecule has 65 heavy (non-hydrogen) atoms.